The van der Waals surface area contributed by atoms with E-state index in [2.05, 4.69) is 10.2 Å². The Morgan fingerprint density at radius 2 is 1.69 bits per heavy atom. The van der Waals surface area contributed by atoms with Gasteiger partial charge >= 0.3 is 0 Å². The lowest BCUT2D eigenvalue weighted by atomic mass is 10.0. The van der Waals surface area contributed by atoms with Gasteiger partial charge in [-0.15, -0.1) is 0 Å². The summed E-state index contributed by atoms with van der Waals surface area (Å²) >= 11 is 5.90. The molecule has 0 radical (unpaired) electrons. The Morgan fingerprint density at radius 3 is 2.34 bits per heavy atom. The maximum Gasteiger partial charge on any atom is 0.183 e. The normalized spacial score (nSPS) is 24.9. The maximum absolute atomic E-state index is 13.3. The van der Waals surface area contributed by atoms with Gasteiger partial charge < -0.3 is 10.1 Å². The van der Waals surface area contributed by atoms with Gasteiger partial charge in [0.25, 0.3) is 0 Å². The van der Waals surface area contributed by atoms with Crippen LogP contribution in [-0.4, -0.2) is 77.4 Å². The second kappa shape index (κ2) is 9.79. The van der Waals surface area contributed by atoms with E-state index in [9.17, 15) is 16.8 Å². The van der Waals surface area contributed by atoms with Crippen LogP contribution in [0.5, 0.6) is 0 Å². The van der Waals surface area contributed by atoms with E-state index in [1.807, 2.05) is 30.3 Å². The van der Waals surface area contributed by atoms with Gasteiger partial charge in [-0.2, -0.15) is 0 Å². The molecule has 2 aliphatic heterocycles. The molecule has 1 N–H and O–H groups in total. The Balaban J connectivity index is 1.57. The number of nitrogens with zero attached hydrogens (tertiary/aromatic N) is 1. The molecule has 2 aromatic rings. The first-order chi connectivity index (χ1) is 15.3. The predicted octanol–water partition coefficient (Wildman–Crippen LogP) is 1.94. The Kier molecular flexibility index (Phi) is 7.24. The quantitative estimate of drug-likeness (QED) is 0.623. The highest BCUT2D eigenvalue weighted by Crippen LogP contribution is 2.28. The number of morpholine rings is 1. The van der Waals surface area contributed by atoms with Crippen LogP contribution in [0.4, 0.5) is 0 Å². The van der Waals surface area contributed by atoms with E-state index in [0.29, 0.717) is 24.8 Å². The zero-order valence-electron chi connectivity index (χ0n) is 17.6. The van der Waals surface area contributed by atoms with Crippen LogP contribution in [0.3, 0.4) is 0 Å². The van der Waals surface area contributed by atoms with Crippen molar-refractivity contribution in [3.05, 3.63) is 65.2 Å². The summed E-state index contributed by atoms with van der Waals surface area (Å²) in [5.74, 6) is -0.585. The molecule has 0 aromatic heterocycles. The van der Waals surface area contributed by atoms with E-state index in [1.165, 1.54) is 24.3 Å². The summed E-state index contributed by atoms with van der Waals surface area (Å²) in [5, 5.41) is 2.68. The topological polar surface area (TPSA) is 92.8 Å². The lowest BCUT2D eigenvalue weighted by Crippen LogP contribution is -2.48. The predicted molar refractivity (Wildman–Crippen MR) is 124 cm³/mol. The molecule has 0 bridgehead atoms. The van der Waals surface area contributed by atoms with Crippen LogP contribution in [0.1, 0.15) is 11.6 Å². The van der Waals surface area contributed by atoms with Crippen LogP contribution in [0.15, 0.2) is 59.5 Å². The smallest absolute Gasteiger partial charge is 0.183 e. The van der Waals surface area contributed by atoms with E-state index in [-0.39, 0.29) is 22.4 Å². The number of halogens is 1. The number of nitrogens with one attached hydrogen (secondary N) is 1. The summed E-state index contributed by atoms with van der Waals surface area (Å²) in [6, 6.07) is 15.1. The van der Waals surface area contributed by atoms with Gasteiger partial charge in [0.05, 0.1) is 34.9 Å². The highest BCUT2D eigenvalue weighted by atomic mass is 35.5. The zero-order chi connectivity index (χ0) is 22.8. The molecule has 2 fully saturated rings. The van der Waals surface area contributed by atoms with E-state index >= 15 is 0 Å². The molecule has 1 unspecified atom stereocenters. The Bertz CT molecular complexity index is 1120. The SMILES string of the molecule is O=S1(=O)C[C@H](NCC(c2ccccc2)N2CCOCC2)[C@@H](S(=O)(=O)c2ccc(Cl)cc2)C1. The van der Waals surface area contributed by atoms with E-state index in [4.69, 9.17) is 16.3 Å². The van der Waals surface area contributed by atoms with Crippen LogP contribution in [-0.2, 0) is 24.4 Å². The average molecular weight is 499 g/mol. The van der Waals surface area contributed by atoms with Crippen molar-refractivity contribution in [2.45, 2.75) is 22.2 Å². The van der Waals surface area contributed by atoms with Crippen LogP contribution in [0.2, 0.25) is 5.02 Å². The van der Waals surface area contributed by atoms with Gasteiger partial charge in [-0.1, -0.05) is 41.9 Å². The van der Waals surface area contributed by atoms with Gasteiger partial charge in [0.1, 0.15) is 0 Å². The molecule has 3 atom stereocenters. The third-order valence-corrected chi connectivity index (χ3v) is 10.5. The highest BCUT2D eigenvalue weighted by molar-refractivity contribution is 7.96. The molecule has 2 aliphatic rings. The number of rotatable bonds is 7. The molecule has 2 aromatic carbocycles. The molecule has 7 nitrogen and oxygen atoms in total. The molecule has 2 saturated heterocycles. The van der Waals surface area contributed by atoms with Gasteiger partial charge in [-0.25, -0.2) is 16.8 Å². The minimum Gasteiger partial charge on any atom is -0.379 e. The van der Waals surface area contributed by atoms with Crippen molar-refractivity contribution in [3.63, 3.8) is 0 Å². The van der Waals surface area contributed by atoms with Crippen molar-refractivity contribution in [1.29, 1.82) is 0 Å². The first-order valence-electron chi connectivity index (χ1n) is 10.6. The lowest BCUT2D eigenvalue weighted by Gasteiger charge is -2.36. The summed E-state index contributed by atoms with van der Waals surface area (Å²) in [4.78, 5) is 2.38. The van der Waals surface area contributed by atoms with Crippen molar-refractivity contribution in [2.24, 2.45) is 0 Å². The second-order valence-corrected chi connectivity index (χ2v) is 13.0. The Labute approximate surface area is 194 Å². The van der Waals surface area contributed by atoms with Gasteiger partial charge in [-0.05, 0) is 29.8 Å². The average Bonchev–Trinajstić information content (AvgIpc) is 3.11. The number of hydrogen-bond acceptors (Lipinski definition) is 7. The molecule has 174 valence electrons. The first kappa shape index (κ1) is 23.7. The number of benzene rings is 2. The minimum absolute atomic E-state index is 0.0118. The summed E-state index contributed by atoms with van der Waals surface area (Å²) in [6.45, 7) is 3.23. The van der Waals surface area contributed by atoms with Crippen LogP contribution in [0, 0.1) is 0 Å². The molecule has 32 heavy (non-hydrogen) atoms. The van der Waals surface area contributed by atoms with E-state index in [1.54, 1.807) is 0 Å². The highest BCUT2D eigenvalue weighted by Gasteiger charge is 2.46. The minimum atomic E-state index is -3.85. The summed E-state index contributed by atoms with van der Waals surface area (Å²) in [7, 11) is -7.33. The second-order valence-electron chi connectivity index (χ2n) is 8.20. The first-order valence-corrected chi connectivity index (χ1v) is 14.3. The van der Waals surface area contributed by atoms with Gasteiger partial charge in [0.15, 0.2) is 19.7 Å². The third kappa shape index (κ3) is 5.35. The third-order valence-electron chi connectivity index (χ3n) is 6.09. The van der Waals surface area contributed by atoms with E-state index in [0.717, 1.165) is 18.7 Å². The summed E-state index contributed by atoms with van der Waals surface area (Å²) in [6.07, 6.45) is 0. The molecular weight excluding hydrogens is 472 g/mol. The largest absolute Gasteiger partial charge is 0.379 e. The van der Waals surface area contributed by atoms with Crippen molar-refractivity contribution in [3.8, 4) is 0 Å². The molecule has 4 rings (SSSR count). The molecular formula is C22H27ClN2O5S2. The Morgan fingerprint density at radius 1 is 1.03 bits per heavy atom. The molecule has 0 amide bonds. The van der Waals surface area contributed by atoms with Crippen LogP contribution < -0.4 is 5.32 Å². The summed E-state index contributed by atoms with van der Waals surface area (Å²) < 4.78 is 56.9. The lowest BCUT2D eigenvalue weighted by molar-refractivity contribution is 0.0158. The molecule has 10 heteroatoms. The van der Waals surface area contributed by atoms with Crippen LogP contribution >= 0.6 is 11.6 Å². The van der Waals surface area contributed by atoms with Gasteiger partial charge in [0.2, 0.25) is 0 Å². The van der Waals surface area contributed by atoms with Gasteiger partial charge in [0, 0.05) is 36.7 Å². The summed E-state index contributed by atoms with van der Waals surface area (Å²) in [5.41, 5.74) is 1.10. The molecule has 0 saturated carbocycles. The van der Waals surface area contributed by atoms with Crippen LogP contribution in [0.25, 0.3) is 0 Å². The Hall–Kier alpha value is -1.49. The standard InChI is InChI=1S/C22H27ClN2O5S2/c23-18-6-8-19(9-7-18)32(28,29)22-16-31(26,27)15-20(22)24-14-21(17-4-2-1-3-5-17)25-10-12-30-13-11-25/h1-9,20-22,24H,10-16H2/t20-,21?,22-/m0/s1. The number of ether oxygens (including phenoxy) is 1. The fraction of sp³-hybridized carbons (Fsp3) is 0.455. The number of hydrogen-bond donors (Lipinski definition) is 1. The fourth-order valence-electron chi connectivity index (χ4n) is 4.40. The monoisotopic (exact) mass is 498 g/mol. The molecule has 0 spiro atoms. The van der Waals surface area contributed by atoms with Crippen molar-refractivity contribution >= 4 is 31.3 Å². The maximum atomic E-state index is 13.3. The van der Waals surface area contributed by atoms with Crippen molar-refractivity contribution in [2.75, 3.05) is 44.4 Å². The zero-order valence-corrected chi connectivity index (χ0v) is 19.9. The molecule has 0 aliphatic carbocycles. The fourth-order valence-corrected chi connectivity index (χ4v) is 9.24. The molecule has 2 heterocycles. The van der Waals surface area contributed by atoms with Crippen molar-refractivity contribution in [1.82, 2.24) is 10.2 Å². The van der Waals surface area contributed by atoms with E-state index < -0.39 is 31.0 Å². The number of sulfone groups is 2. The van der Waals surface area contributed by atoms with Gasteiger partial charge in [-0.3, -0.25) is 4.90 Å². The van der Waals surface area contributed by atoms with Crippen molar-refractivity contribution < 1.29 is 21.6 Å².